The van der Waals surface area contributed by atoms with Gasteiger partial charge in [0.1, 0.15) is 5.56 Å². The molecule has 2 rings (SSSR count). The molecule has 0 unspecified atom stereocenters. The first-order chi connectivity index (χ1) is 9.72. The van der Waals surface area contributed by atoms with Crippen molar-refractivity contribution in [1.82, 2.24) is 14.7 Å². The van der Waals surface area contributed by atoms with Crippen LogP contribution in [0.3, 0.4) is 0 Å². The van der Waals surface area contributed by atoms with Crippen LogP contribution in [0.2, 0.25) is 0 Å². The fraction of sp³-hybridized carbons (Fsp3) is 0.692. The molecule has 112 valence electrons. The van der Waals surface area contributed by atoms with E-state index < -0.39 is 0 Å². The molecule has 0 amide bonds. The highest BCUT2D eigenvalue weighted by atomic mass is 16.5. The van der Waals surface area contributed by atoms with Crippen LogP contribution in [-0.2, 0) is 27.9 Å². The van der Waals surface area contributed by atoms with Crippen molar-refractivity contribution in [3.63, 3.8) is 0 Å². The number of hydrogen-bond donors (Lipinski definition) is 0. The van der Waals surface area contributed by atoms with Gasteiger partial charge in [-0.3, -0.25) is 9.58 Å². The summed E-state index contributed by atoms with van der Waals surface area (Å²) in [5, 5.41) is 4.06. The van der Waals surface area contributed by atoms with E-state index in [9.17, 15) is 4.79 Å². The summed E-state index contributed by atoms with van der Waals surface area (Å²) >= 11 is 0. The highest BCUT2D eigenvalue weighted by molar-refractivity contribution is 5.90. The van der Waals surface area contributed by atoms with E-state index in [1.807, 2.05) is 0 Å². The lowest BCUT2D eigenvalue weighted by Crippen LogP contribution is -2.38. The Balaban J connectivity index is 1.78. The number of esters is 1. The number of ether oxygens (including phenoxy) is 3. The summed E-state index contributed by atoms with van der Waals surface area (Å²) in [4.78, 5) is 13.9. The second-order valence-electron chi connectivity index (χ2n) is 4.63. The fourth-order valence-electron chi connectivity index (χ4n) is 2.10. The van der Waals surface area contributed by atoms with Gasteiger partial charge < -0.3 is 14.2 Å². The first kappa shape index (κ1) is 15.0. The van der Waals surface area contributed by atoms with Crippen LogP contribution in [0.4, 0.5) is 0 Å². The van der Waals surface area contributed by atoms with Gasteiger partial charge in [0.25, 0.3) is 0 Å². The third kappa shape index (κ3) is 3.78. The monoisotopic (exact) mass is 283 g/mol. The maximum absolute atomic E-state index is 11.6. The molecule has 0 aromatic carbocycles. The van der Waals surface area contributed by atoms with Gasteiger partial charge >= 0.3 is 5.97 Å². The lowest BCUT2D eigenvalue weighted by molar-refractivity contribution is 0.0171. The lowest BCUT2D eigenvalue weighted by atomic mass is 10.2. The van der Waals surface area contributed by atoms with Crippen LogP contribution >= 0.6 is 0 Å². The highest BCUT2D eigenvalue weighted by Gasteiger charge is 2.16. The van der Waals surface area contributed by atoms with E-state index in [4.69, 9.17) is 14.2 Å². The van der Waals surface area contributed by atoms with Gasteiger partial charge in [0, 0.05) is 26.7 Å². The van der Waals surface area contributed by atoms with Crippen molar-refractivity contribution in [1.29, 1.82) is 0 Å². The minimum Gasteiger partial charge on any atom is -0.465 e. The number of carbonyl (C=O) groups is 1. The van der Waals surface area contributed by atoms with Crippen molar-refractivity contribution in [3.05, 3.63) is 17.5 Å². The second kappa shape index (κ2) is 7.37. The Morgan fingerprint density at radius 2 is 2.20 bits per heavy atom. The number of morpholine rings is 1. The average molecular weight is 283 g/mol. The minimum absolute atomic E-state index is 0.352. The van der Waals surface area contributed by atoms with Crippen LogP contribution in [0.1, 0.15) is 16.1 Å². The molecule has 0 radical (unpaired) electrons. The first-order valence-electron chi connectivity index (χ1n) is 6.69. The maximum Gasteiger partial charge on any atom is 0.341 e. The van der Waals surface area contributed by atoms with Crippen molar-refractivity contribution in [2.45, 2.75) is 6.61 Å². The van der Waals surface area contributed by atoms with Crippen molar-refractivity contribution in [2.75, 3.05) is 46.6 Å². The Bertz CT molecular complexity index is 441. The number of hydrogen-bond acceptors (Lipinski definition) is 6. The molecule has 1 fully saturated rings. The van der Waals surface area contributed by atoms with E-state index in [1.165, 1.54) is 13.3 Å². The van der Waals surface area contributed by atoms with Gasteiger partial charge in [0.15, 0.2) is 0 Å². The minimum atomic E-state index is -0.384. The van der Waals surface area contributed by atoms with Crippen LogP contribution in [0.5, 0.6) is 0 Å². The van der Waals surface area contributed by atoms with Gasteiger partial charge in [0.2, 0.25) is 0 Å². The van der Waals surface area contributed by atoms with Crippen LogP contribution in [-0.4, -0.2) is 67.2 Å². The molecule has 1 saturated heterocycles. The number of nitrogens with zero attached hydrogens (tertiary/aromatic N) is 3. The van der Waals surface area contributed by atoms with E-state index in [2.05, 4.69) is 10.00 Å². The van der Waals surface area contributed by atoms with E-state index in [1.54, 1.807) is 11.7 Å². The molecule has 0 spiro atoms. The molecule has 0 atom stereocenters. The summed E-state index contributed by atoms with van der Waals surface area (Å²) in [7, 11) is 3.14. The summed E-state index contributed by atoms with van der Waals surface area (Å²) in [6.45, 7) is 5.30. The second-order valence-corrected chi connectivity index (χ2v) is 4.63. The Morgan fingerprint density at radius 1 is 1.45 bits per heavy atom. The molecule has 1 aliphatic rings. The van der Waals surface area contributed by atoms with Gasteiger partial charge in [-0.1, -0.05) is 0 Å². The Morgan fingerprint density at radius 3 is 2.90 bits per heavy atom. The molecule has 0 saturated carbocycles. The van der Waals surface area contributed by atoms with Crippen molar-refractivity contribution in [2.24, 2.45) is 7.05 Å². The molecular weight excluding hydrogens is 262 g/mol. The summed E-state index contributed by atoms with van der Waals surface area (Å²) in [5.41, 5.74) is 1.19. The molecule has 1 aromatic heterocycles. The number of methoxy groups -OCH3 is 1. The normalized spacial score (nSPS) is 16.3. The van der Waals surface area contributed by atoms with E-state index >= 15 is 0 Å². The summed E-state index contributed by atoms with van der Waals surface area (Å²) in [5.74, 6) is -0.384. The molecule has 20 heavy (non-hydrogen) atoms. The molecule has 0 N–H and O–H groups in total. The Hall–Kier alpha value is -1.44. The van der Waals surface area contributed by atoms with Crippen molar-refractivity contribution in [3.8, 4) is 0 Å². The number of aryl methyl sites for hydroxylation is 1. The highest BCUT2D eigenvalue weighted by Crippen LogP contribution is 2.10. The van der Waals surface area contributed by atoms with Gasteiger partial charge in [-0.05, 0) is 0 Å². The molecule has 2 heterocycles. The van der Waals surface area contributed by atoms with Gasteiger partial charge in [-0.15, -0.1) is 0 Å². The van der Waals surface area contributed by atoms with Gasteiger partial charge in [-0.2, -0.15) is 5.10 Å². The molecule has 0 bridgehead atoms. The zero-order valence-electron chi connectivity index (χ0n) is 12.0. The topological polar surface area (TPSA) is 65.8 Å². The van der Waals surface area contributed by atoms with Crippen molar-refractivity contribution >= 4 is 5.97 Å². The molecular formula is C13H21N3O4. The predicted molar refractivity (Wildman–Crippen MR) is 71.5 cm³/mol. The van der Waals surface area contributed by atoms with Crippen LogP contribution in [0.25, 0.3) is 0 Å². The molecule has 7 nitrogen and oxygen atoms in total. The number of aromatic nitrogens is 2. The zero-order chi connectivity index (χ0) is 14.4. The first-order valence-corrected chi connectivity index (χ1v) is 6.69. The zero-order valence-corrected chi connectivity index (χ0v) is 12.0. The SMILES string of the molecule is COC(=O)c1cnn(C)c1COCCN1CCOCC1. The largest absolute Gasteiger partial charge is 0.465 e. The van der Waals surface area contributed by atoms with Crippen molar-refractivity contribution < 1.29 is 19.0 Å². The Labute approximate surface area is 118 Å². The van der Waals surface area contributed by atoms with E-state index in [-0.39, 0.29) is 5.97 Å². The average Bonchev–Trinajstić information content (AvgIpc) is 2.85. The van der Waals surface area contributed by atoms with E-state index in [0.717, 1.165) is 38.5 Å². The van der Waals surface area contributed by atoms with Crippen LogP contribution in [0, 0.1) is 0 Å². The van der Waals surface area contributed by atoms with Crippen LogP contribution < -0.4 is 0 Å². The molecule has 0 aliphatic carbocycles. The van der Waals surface area contributed by atoms with E-state index in [0.29, 0.717) is 18.8 Å². The quantitative estimate of drug-likeness (QED) is 0.543. The standard InChI is InChI=1S/C13H21N3O4/c1-15-12(11(9-14-15)13(17)18-2)10-20-8-5-16-3-6-19-7-4-16/h9H,3-8,10H2,1-2H3. The predicted octanol–water partition coefficient (Wildman–Crippen LogP) is 0.0555. The van der Waals surface area contributed by atoms with Gasteiger partial charge in [-0.25, -0.2) is 4.79 Å². The maximum atomic E-state index is 11.6. The molecule has 1 aromatic rings. The smallest absolute Gasteiger partial charge is 0.341 e. The summed E-state index contributed by atoms with van der Waals surface area (Å²) < 4.78 is 17.3. The lowest BCUT2D eigenvalue weighted by Gasteiger charge is -2.26. The summed E-state index contributed by atoms with van der Waals surface area (Å²) in [6.07, 6.45) is 1.51. The number of rotatable bonds is 6. The molecule has 7 heteroatoms. The number of carbonyl (C=O) groups excluding carboxylic acids is 1. The Kier molecular flexibility index (Phi) is 5.51. The fourth-order valence-corrected chi connectivity index (χ4v) is 2.10. The third-order valence-corrected chi connectivity index (χ3v) is 3.36. The summed E-state index contributed by atoms with van der Waals surface area (Å²) in [6, 6.07) is 0. The van der Waals surface area contributed by atoms with Gasteiger partial charge in [0.05, 0.1) is 45.4 Å². The van der Waals surface area contributed by atoms with Crippen LogP contribution in [0.15, 0.2) is 6.20 Å². The molecule has 1 aliphatic heterocycles. The third-order valence-electron chi connectivity index (χ3n) is 3.36.